The number of hydrogen-bond acceptors (Lipinski definition) is 4. The second-order valence-corrected chi connectivity index (χ2v) is 5.80. The molecule has 27 heavy (non-hydrogen) atoms. The Morgan fingerprint density at radius 3 is 2.48 bits per heavy atom. The van der Waals surface area contributed by atoms with Crippen molar-refractivity contribution >= 4 is 23.6 Å². The largest absolute Gasteiger partial charge is 0.461 e. The third-order valence-corrected chi connectivity index (χ3v) is 3.95. The Morgan fingerprint density at radius 1 is 1.04 bits per heavy atom. The number of rotatable bonds is 5. The molecule has 0 fully saturated rings. The molecule has 2 aromatic carbocycles. The molecule has 0 atom stereocenters. The van der Waals surface area contributed by atoms with Gasteiger partial charge >= 0.3 is 0 Å². The summed E-state index contributed by atoms with van der Waals surface area (Å²) in [7, 11) is 0. The van der Waals surface area contributed by atoms with E-state index in [1.165, 1.54) is 17.6 Å². The van der Waals surface area contributed by atoms with E-state index < -0.39 is 5.91 Å². The van der Waals surface area contributed by atoms with Gasteiger partial charge in [-0.25, -0.2) is 5.48 Å². The van der Waals surface area contributed by atoms with E-state index in [0.717, 1.165) is 5.56 Å². The van der Waals surface area contributed by atoms with E-state index in [-0.39, 0.29) is 5.91 Å². The predicted octanol–water partition coefficient (Wildman–Crippen LogP) is 4.03. The molecule has 3 aromatic rings. The highest BCUT2D eigenvalue weighted by Gasteiger charge is 2.16. The van der Waals surface area contributed by atoms with Crippen molar-refractivity contribution < 1.29 is 19.2 Å². The summed E-state index contributed by atoms with van der Waals surface area (Å²) in [5.41, 5.74) is 4.00. The standard InChI is InChI=1S/C21H18N2O4/c1-14-17(13-19(27-14)16-8-3-2-4-9-16)21(25)22-18-10-6-5-7-15(18)11-12-20(24)23-26/h2-13,26H,1H3,(H,22,25)(H,23,24). The van der Waals surface area contributed by atoms with Gasteiger partial charge in [-0.2, -0.15) is 0 Å². The molecule has 0 unspecified atom stereocenters. The monoisotopic (exact) mass is 362 g/mol. The van der Waals surface area contributed by atoms with Crippen LogP contribution in [-0.2, 0) is 4.79 Å². The summed E-state index contributed by atoms with van der Waals surface area (Å²) in [5, 5.41) is 11.4. The van der Waals surface area contributed by atoms with E-state index in [1.54, 1.807) is 37.3 Å². The van der Waals surface area contributed by atoms with Crippen LogP contribution in [0.3, 0.4) is 0 Å². The first-order valence-corrected chi connectivity index (χ1v) is 8.27. The van der Waals surface area contributed by atoms with Crippen LogP contribution in [0.5, 0.6) is 0 Å². The van der Waals surface area contributed by atoms with Gasteiger partial charge in [-0.1, -0.05) is 48.5 Å². The van der Waals surface area contributed by atoms with Crippen molar-refractivity contribution in [2.45, 2.75) is 6.92 Å². The van der Waals surface area contributed by atoms with Crippen LogP contribution in [0.1, 0.15) is 21.7 Å². The number of hydrogen-bond donors (Lipinski definition) is 3. The third-order valence-electron chi connectivity index (χ3n) is 3.95. The van der Waals surface area contributed by atoms with E-state index in [1.807, 2.05) is 30.3 Å². The third kappa shape index (κ3) is 4.31. The zero-order valence-corrected chi connectivity index (χ0v) is 14.6. The maximum Gasteiger partial charge on any atom is 0.267 e. The zero-order valence-electron chi connectivity index (χ0n) is 14.6. The molecule has 0 aliphatic carbocycles. The smallest absolute Gasteiger partial charge is 0.267 e. The fraction of sp³-hybridized carbons (Fsp3) is 0.0476. The lowest BCUT2D eigenvalue weighted by Gasteiger charge is -2.07. The predicted molar refractivity (Wildman–Crippen MR) is 102 cm³/mol. The molecule has 0 radical (unpaired) electrons. The van der Waals surface area contributed by atoms with Crippen molar-refractivity contribution in [3.63, 3.8) is 0 Å². The van der Waals surface area contributed by atoms with Gasteiger partial charge in [0, 0.05) is 17.3 Å². The van der Waals surface area contributed by atoms with Gasteiger partial charge in [-0.05, 0) is 30.7 Å². The molecule has 1 aromatic heterocycles. The molecule has 1 heterocycles. The average molecular weight is 362 g/mol. The van der Waals surface area contributed by atoms with Crippen molar-refractivity contribution in [1.29, 1.82) is 0 Å². The molecule has 0 bridgehead atoms. The van der Waals surface area contributed by atoms with Crippen LogP contribution in [-0.4, -0.2) is 17.0 Å². The first kappa shape index (κ1) is 18.2. The quantitative estimate of drug-likeness (QED) is 0.363. The number of carbonyl (C=O) groups is 2. The van der Waals surface area contributed by atoms with Crippen LogP contribution in [0.25, 0.3) is 17.4 Å². The molecule has 0 spiro atoms. The highest BCUT2D eigenvalue weighted by atomic mass is 16.5. The van der Waals surface area contributed by atoms with E-state index >= 15 is 0 Å². The van der Waals surface area contributed by atoms with Crippen molar-refractivity contribution in [3.05, 3.63) is 83.6 Å². The lowest BCUT2D eigenvalue weighted by Crippen LogP contribution is -2.15. The molecule has 0 saturated heterocycles. The Kier molecular flexibility index (Phi) is 5.49. The fourth-order valence-corrected chi connectivity index (χ4v) is 2.60. The molecule has 6 nitrogen and oxygen atoms in total. The lowest BCUT2D eigenvalue weighted by atomic mass is 10.1. The summed E-state index contributed by atoms with van der Waals surface area (Å²) in [6.45, 7) is 1.73. The average Bonchev–Trinajstić information content (AvgIpc) is 3.09. The SMILES string of the molecule is Cc1oc(-c2ccccc2)cc1C(=O)Nc1ccccc1C=CC(=O)NO. The maximum absolute atomic E-state index is 12.7. The number of para-hydroxylation sites is 1. The van der Waals surface area contributed by atoms with Gasteiger partial charge < -0.3 is 9.73 Å². The number of nitrogens with one attached hydrogen (secondary N) is 2. The van der Waals surface area contributed by atoms with Crippen LogP contribution in [0, 0.1) is 6.92 Å². The topological polar surface area (TPSA) is 91.6 Å². The van der Waals surface area contributed by atoms with E-state index in [2.05, 4.69) is 5.32 Å². The van der Waals surface area contributed by atoms with Crippen LogP contribution in [0.4, 0.5) is 5.69 Å². The minimum absolute atomic E-state index is 0.314. The molecule has 0 aliphatic heterocycles. The van der Waals surface area contributed by atoms with Crippen LogP contribution >= 0.6 is 0 Å². The van der Waals surface area contributed by atoms with Crippen molar-refractivity contribution in [2.24, 2.45) is 0 Å². The Balaban J connectivity index is 1.84. The number of hydroxylamine groups is 1. The highest BCUT2D eigenvalue weighted by Crippen LogP contribution is 2.26. The summed E-state index contributed by atoms with van der Waals surface area (Å²) < 4.78 is 5.73. The number of amides is 2. The fourth-order valence-electron chi connectivity index (χ4n) is 2.60. The second-order valence-electron chi connectivity index (χ2n) is 5.80. The summed E-state index contributed by atoms with van der Waals surface area (Å²) in [5.74, 6) is 0.158. The number of benzene rings is 2. The number of anilines is 1. The Bertz CT molecular complexity index is 990. The van der Waals surface area contributed by atoms with Gasteiger partial charge in [0.2, 0.25) is 0 Å². The molecule has 0 saturated carbocycles. The maximum atomic E-state index is 12.7. The van der Waals surface area contributed by atoms with Crippen LogP contribution < -0.4 is 10.8 Å². The molecule has 3 N–H and O–H groups in total. The number of furan rings is 1. The Hall–Kier alpha value is -3.64. The van der Waals surface area contributed by atoms with Gasteiger partial charge in [-0.3, -0.25) is 14.8 Å². The summed E-state index contributed by atoms with van der Waals surface area (Å²) in [6, 6.07) is 18.3. The van der Waals surface area contributed by atoms with Crippen molar-refractivity contribution in [2.75, 3.05) is 5.32 Å². The van der Waals surface area contributed by atoms with E-state index in [0.29, 0.717) is 28.3 Å². The summed E-state index contributed by atoms with van der Waals surface area (Å²) >= 11 is 0. The summed E-state index contributed by atoms with van der Waals surface area (Å²) in [6.07, 6.45) is 2.67. The lowest BCUT2D eigenvalue weighted by molar-refractivity contribution is -0.124. The van der Waals surface area contributed by atoms with Crippen molar-refractivity contribution in [3.8, 4) is 11.3 Å². The molecule has 136 valence electrons. The van der Waals surface area contributed by atoms with E-state index in [9.17, 15) is 9.59 Å². The molecule has 2 amide bonds. The molecular formula is C21H18N2O4. The zero-order chi connectivity index (χ0) is 19.2. The first-order valence-electron chi connectivity index (χ1n) is 8.27. The summed E-state index contributed by atoms with van der Waals surface area (Å²) in [4.78, 5) is 23.9. The highest BCUT2D eigenvalue weighted by molar-refractivity contribution is 6.06. The van der Waals surface area contributed by atoms with Crippen LogP contribution in [0.2, 0.25) is 0 Å². The second kappa shape index (κ2) is 8.16. The normalized spacial score (nSPS) is 10.7. The Morgan fingerprint density at radius 2 is 1.74 bits per heavy atom. The minimum atomic E-state index is -0.658. The van der Waals surface area contributed by atoms with Gasteiger partial charge in [0.1, 0.15) is 11.5 Å². The van der Waals surface area contributed by atoms with Gasteiger partial charge in [0.05, 0.1) is 5.56 Å². The molecular weight excluding hydrogens is 344 g/mol. The number of carbonyl (C=O) groups excluding carboxylic acids is 2. The van der Waals surface area contributed by atoms with Gasteiger partial charge in [0.25, 0.3) is 11.8 Å². The number of aryl methyl sites for hydroxylation is 1. The van der Waals surface area contributed by atoms with Gasteiger partial charge in [0.15, 0.2) is 0 Å². The minimum Gasteiger partial charge on any atom is -0.461 e. The van der Waals surface area contributed by atoms with Crippen molar-refractivity contribution in [1.82, 2.24) is 5.48 Å². The first-order chi connectivity index (χ1) is 13.1. The van der Waals surface area contributed by atoms with Gasteiger partial charge in [-0.15, -0.1) is 0 Å². The Labute approximate surface area is 156 Å². The molecule has 0 aliphatic rings. The van der Waals surface area contributed by atoms with Crippen LogP contribution in [0.15, 0.2) is 71.2 Å². The van der Waals surface area contributed by atoms with E-state index in [4.69, 9.17) is 9.62 Å². The molecule has 6 heteroatoms. The molecule has 3 rings (SSSR count).